The normalized spacial score (nSPS) is 11.6. The standard InChI is InChI=1S/C19H22BrN5O4S/c1-10(2)11-7-12(29-9-11)8-21-17-18(24-30(28)23-17)22-14-6-5-13(20)15(16(14)26)19(27)25(3)4/h5-7,9-10,26H,8H2,1-4H3,(H,21,23)(H,22,24). The summed E-state index contributed by atoms with van der Waals surface area (Å²) < 4.78 is 25.7. The molecular formula is C19H22BrN5O4S. The summed E-state index contributed by atoms with van der Waals surface area (Å²) in [7, 11) is 3.18. The van der Waals surface area contributed by atoms with E-state index < -0.39 is 11.1 Å². The van der Waals surface area contributed by atoms with Crippen molar-refractivity contribution >= 4 is 50.3 Å². The van der Waals surface area contributed by atoms with Crippen molar-refractivity contribution < 1.29 is 18.9 Å². The molecule has 0 aliphatic rings. The Labute approximate surface area is 185 Å². The SMILES string of the molecule is CC(C)c1coc(CNc2n[s+]([O-])nc2Nc2ccc(Br)c(C(=O)N(C)C)c2O)c1. The number of furan rings is 1. The van der Waals surface area contributed by atoms with Gasteiger partial charge in [-0.25, -0.2) is 0 Å². The van der Waals surface area contributed by atoms with Crippen LogP contribution in [-0.4, -0.2) is 43.3 Å². The number of aromatic nitrogens is 2. The molecule has 9 nitrogen and oxygen atoms in total. The van der Waals surface area contributed by atoms with E-state index in [2.05, 4.69) is 49.2 Å². The highest BCUT2D eigenvalue weighted by atomic mass is 79.9. The molecule has 0 radical (unpaired) electrons. The number of carbonyl (C=O) groups is 1. The van der Waals surface area contributed by atoms with Crippen molar-refractivity contribution in [2.45, 2.75) is 26.3 Å². The third kappa shape index (κ3) is 4.74. The van der Waals surface area contributed by atoms with Crippen LogP contribution < -0.4 is 10.6 Å². The van der Waals surface area contributed by atoms with E-state index >= 15 is 0 Å². The molecule has 0 aliphatic carbocycles. The summed E-state index contributed by atoms with van der Waals surface area (Å²) in [6.45, 7) is 4.46. The fourth-order valence-corrected chi connectivity index (χ4v) is 3.77. The van der Waals surface area contributed by atoms with Crippen LogP contribution in [-0.2, 0) is 6.54 Å². The minimum absolute atomic E-state index is 0.105. The molecule has 0 saturated carbocycles. The first-order chi connectivity index (χ1) is 14.2. The smallest absolute Gasteiger partial charge is 0.258 e. The van der Waals surface area contributed by atoms with Crippen molar-refractivity contribution in [2.75, 3.05) is 24.7 Å². The number of halogens is 1. The van der Waals surface area contributed by atoms with Crippen molar-refractivity contribution in [2.24, 2.45) is 0 Å². The number of phenolic OH excluding ortho intramolecular Hbond substituents is 1. The molecule has 0 fully saturated rings. The van der Waals surface area contributed by atoms with Crippen molar-refractivity contribution in [3.8, 4) is 5.75 Å². The predicted molar refractivity (Wildman–Crippen MR) is 118 cm³/mol. The van der Waals surface area contributed by atoms with E-state index in [0.717, 1.165) is 5.56 Å². The minimum Gasteiger partial charge on any atom is -0.546 e. The van der Waals surface area contributed by atoms with Gasteiger partial charge in [0.15, 0.2) is 16.9 Å². The van der Waals surface area contributed by atoms with Crippen molar-refractivity contribution in [3.05, 3.63) is 45.8 Å². The Balaban J connectivity index is 1.82. The van der Waals surface area contributed by atoms with E-state index in [1.807, 2.05) is 6.07 Å². The Morgan fingerprint density at radius 1 is 1.33 bits per heavy atom. The van der Waals surface area contributed by atoms with Crippen LogP contribution in [0.1, 0.15) is 41.4 Å². The summed E-state index contributed by atoms with van der Waals surface area (Å²) >= 11 is 1.49. The Hall–Kier alpha value is -2.63. The Morgan fingerprint density at radius 2 is 2.03 bits per heavy atom. The molecule has 30 heavy (non-hydrogen) atoms. The highest BCUT2D eigenvalue weighted by Crippen LogP contribution is 2.37. The van der Waals surface area contributed by atoms with Crippen LogP contribution >= 0.6 is 27.1 Å². The first-order valence-corrected chi connectivity index (χ1v) is 10.9. The van der Waals surface area contributed by atoms with Crippen LogP contribution in [0.5, 0.6) is 5.75 Å². The Bertz CT molecular complexity index is 1060. The molecule has 0 bridgehead atoms. The molecule has 11 heteroatoms. The first-order valence-electron chi connectivity index (χ1n) is 9.08. The van der Waals surface area contributed by atoms with E-state index in [9.17, 15) is 14.5 Å². The molecule has 1 unspecified atom stereocenters. The van der Waals surface area contributed by atoms with Gasteiger partial charge in [-0.1, -0.05) is 13.8 Å². The van der Waals surface area contributed by atoms with E-state index in [-0.39, 0.29) is 34.5 Å². The number of anilines is 3. The van der Waals surface area contributed by atoms with Gasteiger partial charge >= 0.3 is 0 Å². The minimum atomic E-state index is -1.79. The van der Waals surface area contributed by atoms with Gasteiger partial charge in [0.25, 0.3) is 5.91 Å². The lowest BCUT2D eigenvalue weighted by atomic mass is 10.1. The molecule has 0 spiro atoms. The predicted octanol–water partition coefficient (Wildman–Crippen LogP) is 4.45. The van der Waals surface area contributed by atoms with E-state index in [1.165, 1.54) is 4.90 Å². The van der Waals surface area contributed by atoms with Gasteiger partial charge in [-0.15, -0.1) is 0 Å². The van der Waals surface area contributed by atoms with Crippen LogP contribution in [0.15, 0.2) is 33.4 Å². The second kappa shape index (κ2) is 9.02. The lowest BCUT2D eigenvalue weighted by Crippen LogP contribution is -2.22. The molecule has 160 valence electrons. The number of amides is 1. The summed E-state index contributed by atoms with van der Waals surface area (Å²) in [5.41, 5.74) is 1.41. The van der Waals surface area contributed by atoms with Gasteiger partial charge in [0, 0.05) is 27.3 Å². The number of hydrogen-bond donors (Lipinski definition) is 3. The van der Waals surface area contributed by atoms with Crippen LogP contribution in [0, 0.1) is 0 Å². The number of hydrogen-bond acceptors (Lipinski definition) is 8. The van der Waals surface area contributed by atoms with Gasteiger partial charge in [0.05, 0.1) is 24.1 Å². The second-order valence-electron chi connectivity index (χ2n) is 7.11. The largest absolute Gasteiger partial charge is 0.546 e. The van der Waals surface area contributed by atoms with E-state index in [0.29, 0.717) is 22.7 Å². The summed E-state index contributed by atoms with van der Waals surface area (Å²) in [5, 5.41) is 16.6. The molecule has 0 saturated heterocycles. The fraction of sp³-hybridized carbons (Fsp3) is 0.316. The highest BCUT2D eigenvalue weighted by Gasteiger charge is 2.23. The molecular weight excluding hydrogens is 474 g/mol. The lowest BCUT2D eigenvalue weighted by molar-refractivity contribution is 0.0824. The summed E-state index contributed by atoms with van der Waals surface area (Å²) in [6, 6.07) is 5.15. The highest BCUT2D eigenvalue weighted by molar-refractivity contribution is 9.10. The number of nitrogens with zero attached hydrogens (tertiary/aromatic N) is 3. The molecule has 3 rings (SSSR count). The van der Waals surface area contributed by atoms with Crippen LogP contribution in [0.3, 0.4) is 0 Å². The monoisotopic (exact) mass is 495 g/mol. The van der Waals surface area contributed by atoms with Gasteiger partial charge in [-0.05, 0) is 45.6 Å². The Kier molecular flexibility index (Phi) is 6.64. The molecule has 0 aliphatic heterocycles. The van der Waals surface area contributed by atoms with Gasteiger partial charge < -0.3 is 29.6 Å². The molecule has 3 aromatic rings. The average molecular weight is 496 g/mol. The van der Waals surface area contributed by atoms with Crippen LogP contribution in [0.4, 0.5) is 17.3 Å². The number of nitrogens with one attached hydrogen (secondary N) is 2. The van der Waals surface area contributed by atoms with Gasteiger partial charge in [-0.2, -0.15) is 0 Å². The third-order valence-corrected chi connectivity index (χ3v) is 5.67. The maximum Gasteiger partial charge on any atom is 0.258 e. The van der Waals surface area contributed by atoms with Crippen molar-refractivity contribution in [1.82, 2.24) is 13.6 Å². The second-order valence-corrected chi connectivity index (χ2v) is 8.79. The summed E-state index contributed by atoms with van der Waals surface area (Å²) in [4.78, 5) is 13.7. The number of benzene rings is 1. The number of phenols is 1. The Morgan fingerprint density at radius 3 is 2.67 bits per heavy atom. The van der Waals surface area contributed by atoms with E-state index in [1.54, 1.807) is 32.5 Å². The fourth-order valence-electron chi connectivity index (χ4n) is 2.65. The van der Waals surface area contributed by atoms with Gasteiger partial charge in [-0.3, -0.25) is 4.79 Å². The maximum atomic E-state index is 12.4. The third-order valence-electron chi connectivity index (χ3n) is 4.33. The topological polar surface area (TPSA) is 127 Å². The van der Waals surface area contributed by atoms with Crippen molar-refractivity contribution in [3.63, 3.8) is 0 Å². The number of aromatic hydroxyl groups is 1. The zero-order valence-electron chi connectivity index (χ0n) is 16.9. The first kappa shape index (κ1) is 22.1. The molecule has 1 atom stereocenters. The van der Waals surface area contributed by atoms with Crippen LogP contribution in [0.2, 0.25) is 0 Å². The lowest BCUT2D eigenvalue weighted by Gasteiger charge is -2.15. The quantitative estimate of drug-likeness (QED) is 0.324. The molecule has 1 amide bonds. The molecule has 2 aromatic heterocycles. The average Bonchev–Trinajstić information content (AvgIpc) is 3.28. The number of carbonyl (C=O) groups excluding carboxylic acids is 1. The molecule has 3 N–H and O–H groups in total. The van der Waals surface area contributed by atoms with Crippen LogP contribution in [0.25, 0.3) is 0 Å². The van der Waals surface area contributed by atoms with Crippen molar-refractivity contribution in [1.29, 1.82) is 0 Å². The molecule has 2 heterocycles. The van der Waals surface area contributed by atoms with E-state index in [4.69, 9.17) is 4.42 Å². The zero-order chi connectivity index (χ0) is 22.0. The maximum absolute atomic E-state index is 12.4. The number of rotatable bonds is 7. The zero-order valence-corrected chi connectivity index (χ0v) is 19.3. The summed E-state index contributed by atoms with van der Waals surface area (Å²) in [6.07, 6.45) is 1.70. The summed E-state index contributed by atoms with van der Waals surface area (Å²) in [5.74, 6) is 0.866. The molecule has 1 aromatic carbocycles. The van der Waals surface area contributed by atoms with Gasteiger partial charge in [0.2, 0.25) is 11.6 Å². The van der Waals surface area contributed by atoms with Gasteiger partial charge in [0.1, 0.15) is 5.76 Å².